The van der Waals surface area contributed by atoms with E-state index in [1.165, 1.54) is 11.1 Å². The van der Waals surface area contributed by atoms with E-state index < -0.39 is 0 Å². The van der Waals surface area contributed by atoms with Crippen LogP contribution in [0.2, 0.25) is 0 Å². The summed E-state index contributed by atoms with van der Waals surface area (Å²) in [5.74, 6) is 1.12. The highest BCUT2D eigenvalue weighted by Crippen LogP contribution is 2.37. The van der Waals surface area contributed by atoms with E-state index in [0.29, 0.717) is 18.1 Å². The maximum absolute atomic E-state index is 6.48. The van der Waals surface area contributed by atoms with Gasteiger partial charge >= 0.3 is 0 Å². The summed E-state index contributed by atoms with van der Waals surface area (Å²) in [4.78, 5) is 7.46. The minimum Gasteiger partial charge on any atom is -0.378 e. The van der Waals surface area contributed by atoms with E-state index >= 15 is 0 Å². The number of benzene rings is 2. The van der Waals surface area contributed by atoms with Crippen molar-refractivity contribution in [3.05, 3.63) is 66.0 Å². The third-order valence-electron chi connectivity index (χ3n) is 6.71. The molecule has 29 heavy (non-hydrogen) atoms. The molecule has 1 aromatic heterocycles. The van der Waals surface area contributed by atoms with Gasteiger partial charge in [-0.1, -0.05) is 42.5 Å². The van der Waals surface area contributed by atoms with E-state index in [-0.39, 0.29) is 6.04 Å². The lowest BCUT2D eigenvalue weighted by Gasteiger charge is -2.49. The number of aromatic nitrogens is 2. The zero-order valence-electron chi connectivity index (χ0n) is 17.1. The standard InChI is InChI=1S/C24H30N4O/c1-17-26-23-9-5-6-10-24(23)28(17)19-13-20-15-29-16-21(14-19)27(20)12-11-22(25)18-7-3-2-4-8-18/h2-10,19-22H,11-16,25H2,1H3/t19?,20?,21?,22-/m0/s1. The Labute approximate surface area is 172 Å². The monoisotopic (exact) mass is 390 g/mol. The number of nitrogens with zero attached hydrogens (tertiary/aromatic N) is 3. The molecule has 0 saturated carbocycles. The summed E-state index contributed by atoms with van der Waals surface area (Å²) in [7, 11) is 0. The van der Waals surface area contributed by atoms with E-state index in [9.17, 15) is 0 Å². The van der Waals surface area contributed by atoms with Gasteiger partial charge in [0.2, 0.25) is 0 Å². The summed E-state index contributed by atoms with van der Waals surface area (Å²) >= 11 is 0. The van der Waals surface area contributed by atoms with Gasteiger partial charge in [-0.15, -0.1) is 0 Å². The van der Waals surface area contributed by atoms with Gasteiger partial charge in [-0.25, -0.2) is 4.98 Å². The van der Waals surface area contributed by atoms with Crippen molar-refractivity contribution >= 4 is 11.0 Å². The number of piperidine rings is 1. The molecule has 2 aromatic carbocycles. The molecule has 3 heterocycles. The maximum Gasteiger partial charge on any atom is 0.106 e. The van der Waals surface area contributed by atoms with Crippen molar-refractivity contribution in [2.24, 2.45) is 5.73 Å². The van der Waals surface area contributed by atoms with Gasteiger partial charge in [-0.2, -0.15) is 0 Å². The lowest BCUT2D eigenvalue weighted by Crippen LogP contribution is -2.57. The largest absolute Gasteiger partial charge is 0.378 e. The number of ether oxygens (including phenoxy) is 1. The lowest BCUT2D eigenvalue weighted by molar-refractivity contribution is -0.0857. The van der Waals surface area contributed by atoms with Crippen molar-refractivity contribution in [1.82, 2.24) is 14.5 Å². The van der Waals surface area contributed by atoms with Gasteiger partial charge in [0.25, 0.3) is 0 Å². The Balaban J connectivity index is 1.32. The number of hydrogen-bond donors (Lipinski definition) is 1. The van der Waals surface area contributed by atoms with Crippen LogP contribution in [0.1, 0.15) is 42.7 Å². The number of nitrogens with two attached hydrogens (primary N) is 1. The highest BCUT2D eigenvalue weighted by Gasteiger charge is 2.40. The Morgan fingerprint density at radius 1 is 1.00 bits per heavy atom. The Morgan fingerprint density at radius 3 is 2.45 bits per heavy atom. The van der Waals surface area contributed by atoms with Crippen LogP contribution in [0.4, 0.5) is 0 Å². The first-order valence-corrected chi connectivity index (χ1v) is 10.8. The molecule has 5 nitrogen and oxygen atoms in total. The second-order valence-electron chi connectivity index (χ2n) is 8.53. The molecule has 2 fully saturated rings. The van der Waals surface area contributed by atoms with Crippen LogP contribution < -0.4 is 5.73 Å². The molecule has 0 radical (unpaired) electrons. The van der Waals surface area contributed by atoms with Crippen molar-refractivity contribution in [2.75, 3.05) is 19.8 Å². The number of hydrogen-bond acceptors (Lipinski definition) is 4. The fourth-order valence-electron chi connectivity index (χ4n) is 5.32. The summed E-state index contributed by atoms with van der Waals surface area (Å²) in [6.07, 6.45) is 3.20. The molecule has 2 aliphatic rings. The van der Waals surface area contributed by atoms with Crippen LogP contribution in [0.5, 0.6) is 0 Å². The average molecular weight is 391 g/mol. The Morgan fingerprint density at radius 2 is 1.69 bits per heavy atom. The number of fused-ring (bicyclic) bond motifs is 3. The van der Waals surface area contributed by atoms with Crippen molar-refractivity contribution in [2.45, 2.75) is 50.4 Å². The molecule has 2 aliphatic heterocycles. The normalized spacial score (nSPS) is 25.9. The van der Waals surface area contributed by atoms with Gasteiger partial charge in [0.15, 0.2) is 0 Å². The van der Waals surface area contributed by atoms with Crippen LogP contribution in [-0.2, 0) is 4.74 Å². The molecule has 5 heteroatoms. The second kappa shape index (κ2) is 7.90. The molecule has 152 valence electrons. The van der Waals surface area contributed by atoms with E-state index in [1.54, 1.807) is 0 Å². The second-order valence-corrected chi connectivity index (χ2v) is 8.53. The lowest BCUT2D eigenvalue weighted by atomic mass is 9.89. The van der Waals surface area contributed by atoms with Gasteiger partial charge in [-0.3, -0.25) is 4.90 Å². The fraction of sp³-hybridized carbons (Fsp3) is 0.458. The van der Waals surface area contributed by atoms with Gasteiger partial charge in [0.1, 0.15) is 5.82 Å². The van der Waals surface area contributed by atoms with E-state index in [1.807, 2.05) is 6.07 Å². The van der Waals surface area contributed by atoms with Gasteiger partial charge in [-0.05, 0) is 43.9 Å². The van der Waals surface area contributed by atoms with Gasteiger partial charge < -0.3 is 15.0 Å². The summed E-state index contributed by atoms with van der Waals surface area (Å²) in [5, 5.41) is 0. The molecule has 2 saturated heterocycles. The van der Waals surface area contributed by atoms with Crippen molar-refractivity contribution in [1.29, 1.82) is 0 Å². The molecular weight excluding hydrogens is 360 g/mol. The summed E-state index contributed by atoms with van der Waals surface area (Å²) in [5.41, 5.74) is 10.1. The summed E-state index contributed by atoms with van der Waals surface area (Å²) < 4.78 is 8.41. The van der Waals surface area contributed by atoms with E-state index in [0.717, 1.165) is 50.4 Å². The van der Waals surface area contributed by atoms with Crippen LogP contribution in [0, 0.1) is 6.92 Å². The molecule has 2 bridgehead atoms. The number of rotatable bonds is 5. The maximum atomic E-state index is 6.48. The first-order chi connectivity index (χ1) is 14.2. The highest BCUT2D eigenvalue weighted by molar-refractivity contribution is 5.76. The number of imidazole rings is 1. The Hall–Kier alpha value is -2.21. The topological polar surface area (TPSA) is 56.3 Å². The molecule has 0 spiro atoms. The van der Waals surface area contributed by atoms with E-state index in [2.05, 4.69) is 64.9 Å². The number of para-hydroxylation sites is 2. The summed E-state index contributed by atoms with van der Waals surface area (Å²) in [6.45, 7) is 4.81. The quantitative estimate of drug-likeness (QED) is 0.719. The predicted octanol–water partition coefficient (Wildman–Crippen LogP) is 3.84. The van der Waals surface area contributed by atoms with Crippen molar-refractivity contribution < 1.29 is 4.74 Å². The first-order valence-electron chi connectivity index (χ1n) is 10.8. The Bertz CT molecular complexity index is 955. The van der Waals surface area contributed by atoms with Crippen LogP contribution in [-0.4, -0.2) is 46.3 Å². The van der Waals surface area contributed by atoms with Crippen LogP contribution in [0.3, 0.4) is 0 Å². The highest BCUT2D eigenvalue weighted by atomic mass is 16.5. The minimum atomic E-state index is 0.0930. The SMILES string of the molecule is Cc1nc2ccccc2n1C1CC2COCC(C1)N2CC[C@H](N)c1ccccc1. The molecule has 2 unspecified atom stereocenters. The molecule has 3 aromatic rings. The first kappa shape index (κ1) is 18.8. The molecule has 0 amide bonds. The van der Waals surface area contributed by atoms with Crippen LogP contribution in [0.15, 0.2) is 54.6 Å². The smallest absolute Gasteiger partial charge is 0.106 e. The predicted molar refractivity (Wildman–Crippen MR) is 116 cm³/mol. The molecule has 0 aliphatic carbocycles. The van der Waals surface area contributed by atoms with Gasteiger partial charge in [0.05, 0.1) is 24.2 Å². The number of morpholine rings is 1. The molecular formula is C24H30N4O. The van der Waals surface area contributed by atoms with Gasteiger partial charge in [0, 0.05) is 30.7 Å². The number of aryl methyl sites for hydroxylation is 1. The fourth-order valence-corrected chi connectivity index (χ4v) is 5.32. The van der Waals surface area contributed by atoms with Crippen molar-refractivity contribution in [3.63, 3.8) is 0 Å². The minimum absolute atomic E-state index is 0.0930. The third kappa shape index (κ3) is 3.59. The zero-order valence-corrected chi connectivity index (χ0v) is 17.1. The summed E-state index contributed by atoms with van der Waals surface area (Å²) in [6, 6.07) is 20.4. The van der Waals surface area contributed by atoms with Crippen LogP contribution in [0.25, 0.3) is 11.0 Å². The van der Waals surface area contributed by atoms with Crippen LogP contribution >= 0.6 is 0 Å². The molecule has 5 rings (SSSR count). The van der Waals surface area contributed by atoms with Crippen molar-refractivity contribution in [3.8, 4) is 0 Å². The molecule has 3 atom stereocenters. The molecule has 2 N–H and O–H groups in total. The van der Waals surface area contributed by atoms with E-state index in [4.69, 9.17) is 15.5 Å². The average Bonchev–Trinajstić information content (AvgIpc) is 3.07. The zero-order chi connectivity index (χ0) is 19.8. The Kier molecular flexibility index (Phi) is 5.12. The third-order valence-corrected chi connectivity index (χ3v) is 6.71.